The summed E-state index contributed by atoms with van der Waals surface area (Å²) in [5, 5.41) is 1.18. The van der Waals surface area contributed by atoms with Crippen molar-refractivity contribution in [2.45, 2.75) is 41.0 Å². The highest BCUT2D eigenvalue weighted by Gasteiger charge is 2.36. The third-order valence-electron chi connectivity index (χ3n) is 7.53. The van der Waals surface area contributed by atoms with Crippen molar-refractivity contribution in [3.8, 4) is 0 Å². The molecule has 0 aliphatic heterocycles. The van der Waals surface area contributed by atoms with Gasteiger partial charge in [0.2, 0.25) is 0 Å². The van der Waals surface area contributed by atoms with E-state index >= 15 is 0 Å². The molecule has 2 aromatic carbocycles. The fourth-order valence-corrected chi connectivity index (χ4v) is 5.81. The second-order valence-electron chi connectivity index (χ2n) is 10.2. The van der Waals surface area contributed by atoms with Crippen molar-refractivity contribution >= 4 is 27.7 Å². The Labute approximate surface area is 211 Å². The van der Waals surface area contributed by atoms with Gasteiger partial charge in [0.05, 0.1) is 5.52 Å². The van der Waals surface area contributed by atoms with Crippen molar-refractivity contribution in [3.05, 3.63) is 108 Å². The van der Waals surface area contributed by atoms with Gasteiger partial charge in [-0.2, -0.15) is 0 Å². The van der Waals surface area contributed by atoms with E-state index in [1.54, 1.807) is 0 Å². The number of pyridine rings is 1. The quantitative estimate of drug-likeness (QED) is 0.341. The van der Waals surface area contributed by atoms with E-state index in [0.717, 1.165) is 24.1 Å². The molecule has 35 heavy (non-hydrogen) atoms. The van der Waals surface area contributed by atoms with Crippen LogP contribution < -0.4 is 0 Å². The summed E-state index contributed by atoms with van der Waals surface area (Å²) >= 11 is 0. The highest BCUT2D eigenvalue weighted by molar-refractivity contribution is 5.90. The van der Waals surface area contributed by atoms with Crippen molar-refractivity contribution < 1.29 is 0 Å². The van der Waals surface area contributed by atoms with Crippen molar-refractivity contribution in [3.63, 3.8) is 0 Å². The predicted molar refractivity (Wildman–Crippen MR) is 153 cm³/mol. The van der Waals surface area contributed by atoms with Crippen LogP contribution in [0, 0.1) is 11.3 Å². The minimum absolute atomic E-state index is 0.0274. The van der Waals surface area contributed by atoms with Gasteiger partial charge < -0.3 is 4.90 Å². The van der Waals surface area contributed by atoms with Crippen LogP contribution in [0.3, 0.4) is 0 Å². The lowest BCUT2D eigenvalue weighted by Gasteiger charge is -2.42. The van der Waals surface area contributed by atoms with E-state index < -0.39 is 0 Å². The van der Waals surface area contributed by atoms with E-state index in [0.29, 0.717) is 5.92 Å². The Kier molecular flexibility index (Phi) is 7.12. The van der Waals surface area contributed by atoms with E-state index in [-0.39, 0.29) is 5.41 Å². The number of nitrogens with zero attached hydrogens (tertiary/aromatic N) is 2. The van der Waals surface area contributed by atoms with Crippen molar-refractivity contribution in [1.82, 2.24) is 9.88 Å². The summed E-state index contributed by atoms with van der Waals surface area (Å²) in [4.78, 5) is 7.11. The van der Waals surface area contributed by atoms with Gasteiger partial charge in [0, 0.05) is 47.8 Å². The molecule has 0 amide bonds. The minimum Gasteiger partial charge on any atom is -0.374 e. The number of aromatic nitrogens is 1. The fraction of sp³-hybridized carbons (Fsp3) is 0.303. The first-order valence-corrected chi connectivity index (χ1v) is 12.6. The summed E-state index contributed by atoms with van der Waals surface area (Å²) in [5.74, 6) is 0.455. The molecule has 0 saturated carbocycles. The molecule has 3 aromatic rings. The molecular weight excluding hydrogens is 424 g/mol. The Morgan fingerprint density at radius 3 is 2.46 bits per heavy atom. The highest BCUT2D eigenvalue weighted by Crippen LogP contribution is 2.49. The molecule has 0 N–H and O–H groups in total. The molecule has 1 aliphatic carbocycles. The summed E-state index contributed by atoms with van der Waals surface area (Å²) in [6, 6.07) is 19.5. The second kappa shape index (κ2) is 10.1. The number of benzene rings is 2. The minimum atomic E-state index is -0.0274. The van der Waals surface area contributed by atoms with Crippen LogP contribution in [0.1, 0.15) is 57.7 Å². The van der Waals surface area contributed by atoms with Crippen LogP contribution >= 0.6 is 0 Å². The first-order valence-electron chi connectivity index (χ1n) is 12.6. The largest absolute Gasteiger partial charge is 0.374 e. The fourth-order valence-electron chi connectivity index (χ4n) is 5.81. The molecule has 0 spiro atoms. The van der Waals surface area contributed by atoms with Crippen molar-refractivity contribution in [1.29, 1.82) is 0 Å². The molecule has 2 heteroatoms. The van der Waals surface area contributed by atoms with Gasteiger partial charge in [-0.15, -0.1) is 0 Å². The summed E-state index contributed by atoms with van der Waals surface area (Å²) < 4.78 is 0. The Morgan fingerprint density at radius 2 is 1.80 bits per heavy atom. The van der Waals surface area contributed by atoms with Crippen molar-refractivity contribution in [2.75, 3.05) is 13.6 Å². The lowest BCUT2D eigenvalue weighted by atomic mass is 9.65. The van der Waals surface area contributed by atoms with E-state index in [9.17, 15) is 0 Å². The summed E-state index contributed by atoms with van der Waals surface area (Å²) in [7, 11) is 2.22. The first-order chi connectivity index (χ1) is 16.8. The molecule has 180 valence electrons. The van der Waals surface area contributed by atoms with Gasteiger partial charge in [-0.25, -0.2) is 0 Å². The van der Waals surface area contributed by atoms with Gasteiger partial charge in [0.1, 0.15) is 0 Å². The van der Waals surface area contributed by atoms with Crippen LogP contribution in [-0.2, 0) is 0 Å². The zero-order chi connectivity index (χ0) is 25.2. The topological polar surface area (TPSA) is 16.1 Å². The molecule has 4 rings (SSSR count). The molecule has 2 nitrogen and oxygen atoms in total. The number of allylic oxidation sites excluding steroid dienone is 5. The smallest absolute Gasteiger partial charge is 0.0794 e. The Balaban J connectivity index is 1.62. The molecule has 0 fully saturated rings. The van der Waals surface area contributed by atoms with Crippen molar-refractivity contribution in [2.24, 2.45) is 11.3 Å². The van der Waals surface area contributed by atoms with Gasteiger partial charge in [-0.05, 0) is 50.0 Å². The van der Waals surface area contributed by atoms with E-state index in [4.69, 9.17) is 4.98 Å². The Hall–Kier alpha value is -3.39. The molecule has 1 atom stereocenters. The molecule has 0 radical (unpaired) electrons. The van der Waals surface area contributed by atoms with Crippen LogP contribution in [0.2, 0.25) is 0 Å². The molecule has 0 saturated heterocycles. The summed E-state index contributed by atoms with van der Waals surface area (Å²) in [6.45, 7) is 16.2. The van der Waals surface area contributed by atoms with Gasteiger partial charge in [-0.1, -0.05) is 98.3 Å². The molecular formula is C33H38N2. The second-order valence-corrected chi connectivity index (χ2v) is 10.2. The van der Waals surface area contributed by atoms with Gasteiger partial charge in [0.25, 0.3) is 0 Å². The van der Waals surface area contributed by atoms with Crippen LogP contribution in [0.15, 0.2) is 91.2 Å². The number of hydrogen-bond acceptors (Lipinski definition) is 2. The average Bonchev–Trinajstić information content (AvgIpc) is 2.84. The van der Waals surface area contributed by atoms with Gasteiger partial charge in [0.15, 0.2) is 0 Å². The number of hydrogen-bond donors (Lipinski definition) is 0. The lowest BCUT2D eigenvalue weighted by molar-refractivity contribution is 0.359. The maximum Gasteiger partial charge on any atom is 0.0794 e. The average molecular weight is 463 g/mol. The van der Waals surface area contributed by atoms with Gasteiger partial charge >= 0.3 is 0 Å². The van der Waals surface area contributed by atoms with Crippen LogP contribution in [0.25, 0.3) is 27.7 Å². The number of fused-ring (bicyclic) bond motifs is 1. The summed E-state index contributed by atoms with van der Waals surface area (Å²) in [6.07, 6.45) is 9.96. The van der Waals surface area contributed by atoms with Crippen LogP contribution in [-0.4, -0.2) is 23.5 Å². The molecule has 1 heterocycles. The zero-order valence-electron chi connectivity index (χ0n) is 22.1. The Morgan fingerprint density at radius 1 is 1.09 bits per heavy atom. The SMILES string of the molecule is C=C(C)c1ccc(C2=CCC(CN(C)C(=CC)c3cccc4cccnc34)/C(=C\C)C2(C)C)cc1. The number of rotatable bonds is 6. The van der Waals surface area contributed by atoms with E-state index in [2.05, 4.69) is 120 Å². The molecule has 1 aliphatic rings. The molecule has 1 unspecified atom stereocenters. The van der Waals surface area contributed by atoms with Gasteiger partial charge in [-0.3, -0.25) is 4.98 Å². The highest BCUT2D eigenvalue weighted by atomic mass is 15.1. The molecule has 1 aromatic heterocycles. The molecule has 0 bridgehead atoms. The zero-order valence-corrected chi connectivity index (χ0v) is 22.1. The monoisotopic (exact) mass is 462 g/mol. The van der Waals surface area contributed by atoms with E-state index in [1.165, 1.54) is 38.9 Å². The normalized spacial score (nSPS) is 19.0. The standard InChI is InChI=1S/C33H38N2/c1-8-29-27(19-20-30(33(29,5)6)25-17-15-24(16-18-25)23(3)4)22-35(7)31(9-2)28-14-10-12-26-13-11-21-34-32(26)28/h8-18,20-21,27H,3,19,22H2,1-2,4-7H3/b29-8+,31-9?. The summed E-state index contributed by atoms with van der Waals surface area (Å²) in [5.41, 5.74) is 10.0. The van der Waals surface area contributed by atoms with Crippen LogP contribution in [0.4, 0.5) is 0 Å². The number of para-hydroxylation sites is 1. The maximum absolute atomic E-state index is 4.70. The van der Waals surface area contributed by atoms with Crippen LogP contribution in [0.5, 0.6) is 0 Å². The maximum atomic E-state index is 4.70. The van der Waals surface area contributed by atoms with E-state index in [1.807, 2.05) is 12.3 Å². The Bertz CT molecular complexity index is 1310. The third-order valence-corrected chi connectivity index (χ3v) is 7.53. The predicted octanol–water partition coefficient (Wildman–Crippen LogP) is 8.64. The third kappa shape index (κ3) is 4.75. The first kappa shape index (κ1) is 24.7. The lowest BCUT2D eigenvalue weighted by Crippen LogP contribution is -2.33.